The second kappa shape index (κ2) is 11.1. The number of carbonyl (C=O) groups excluding carboxylic acids is 4. The van der Waals surface area contributed by atoms with Crippen LogP contribution in [-0.2, 0) is 14.3 Å². The number of esters is 1. The van der Waals surface area contributed by atoms with Crippen molar-refractivity contribution in [3.63, 3.8) is 0 Å². The van der Waals surface area contributed by atoms with E-state index in [0.717, 1.165) is 27.4 Å². The minimum absolute atomic E-state index is 0.187. The van der Waals surface area contributed by atoms with Crippen LogP contribution in [0.2, 0.25) is 0 Å². The first-order chi connectivity index (χ1) is 18.4. The van der Waals surface area contributed by atoms with Crippen molar-refractivity contribution >= 4 is 51.6 Å². The number of fused-ring (bicyclic) bond motifs is 1. The largest absolute Gasteiger partial charge is 0.493 e. The van der Waals surface area contributed by atoms with Crippen LogP contribution in [0.3, 0.4) is 0 Å². The number of hydrogen-bond donors (Lipinski definition) is 0. The molecule has 3 aromatic carbocycles. The predicted molar refractivity (Wildman–Crippen MR) is 142 cm³/mol. The normalized spacial score (nSPS) is 16.8. The van der Waals surface area contributed by atoms with Crippen molar-refractivity contribution in [1.29, 1.82) is 0 Å². The summed E-state index contributed by atoms with van der Waals surface area (Å²) < 4.78 is 16.3. The minimum atomic E-state index is -0.535. The summed E-state index contributed by atoms with van der Waals surface area (Å²) in [5.74, 6) is -0.859. The standard InChI is InChI=1S/C28H24N2O7S/c1-35-23-15-18(9-10-22(23)37-27(33)21-8-4-6-19-5-2-3-7-20(19)21)16-24-26(32)30(28(34)38-24)17-25(31)29-11-13-36-14-12-29/h2-10,15-16H,11-14,17H2,1H3/b24-16-. The summed E-state index contributed by atoms with van der Waals surface area (Å²) in [6.45, 7) is 1.42. The molecule has 2 aliphatic rings. The third kappa shape index (κ3) is 5.27. The summed E-state index contributed by atoms with van der Waals surface area (Å²) in [4.78, 5) is 53.6. The highest BCUT2D eigenvalue weighted by Gasteiger charge is 2.37. The fraction of sp³-hybridized carbons (Fsp3) is 0.214. The van der Waals surface area contributed by atoms with E-state index in [0.29, 0.717) is 37.4 Å². The highest BCUT2D eigenvalue weighted by molar-refractivity contribution is 8.18. The third-order valence-electron chi connectivity index (χ3n) is 6.23. The van der Waals surface area contributed by atoms with E-state index in [2.05, 4.69) is 0 Å². The van der Waals surface area contributed by atoms with E-state index in [4.69, 9.17) is 14.2 Å². The van der Waals surface area contributed by atoms with Gasteiger partial charge in [-0.2, -0.15) is 0 Å². The molecule has 3 aromatic rings. The Balaban J connectivity index is 1.31. The molecule has 0 saturated carbocycles. The number of imide groups is 1. The van der Waals surface area contributed by atoms with Crippen molar-refractivity contribution in [2.45, 2.75) is 0 Å². The van der Waals surface area contributed by atoms with Crippen LogP contribution < -0.4 is 9.47 Å². The van der Waals surface area contributed by atoms with E-state index in [1.165, 1.54) is 7.11 Å². The molecule has 0 N–H and O–H groups in total. The van der Waals surface area contributed by atoms with Crippen LogP contribution in [0.4, 0.5) is 4.79 Å². The third-order valence-corrected chi connectivity index (χ3v) is 7.14. The molecular formula is C28H24N2O7S. The van der Waals surface area contributed by atoms with E-state index in [1.807, 2.05) is 30.3 Å². The lowest BCUT2D eigenvalue weighted by molar-refractivity contribution is -0.139. The zero-order valence-electron chi connectivity index (χ0n) is 20.5. The van der Waals surface area contributed by atoms with Crippen molar-refractivity contribution in [3.05, 3.63) is 76.7 Å². The van der Waals surface area contributed by atoms with Gasteiger partial charge in [0.15, 0.2) is 11.5 Å². The molecule has 0 atom stereocenters. The Morgan fingerprint density at radius 3 is 2.55 bits per heavy atom. The molecule has 0 spiro atoms. The maximum Gasteiger partial charge on any atom is 0.344 e. The molecule has 2 fully saturated rings. The molecule has 0 unspecified atom stereocenters. The summed E-state index contributed by atoms with van der Waals surface area (Å²) in [6, 6.07) is 17.8. The fourth-order valence-electron chi connectivity index (χ4n) is 4.25. The SMILES string of the molecule is COc1cc(/C=C2\SC(=O)N(CC(=O)N3CCOCC3)C2=O)ccc1OC(=O)c1cccc2ccccc12. The molecule has 2 heterocycles. The van der Waals surface area contributed by atoms with E-state index >= 15 is 0 Å². The van der Waals surface area contributed by atoms with Crippen LogP contribution in [0.1, 0.15) is 15.9 Å². The Labute approximate surface area is 222 Å². The lowest BCUT2D eigenvalue weighted by Gasteiger charge is -2.28. The molecule has 0 bridgehead atoms. The molecule has 0 aromatic heterocycles. The molecule has 2 aliphatic heterocycles. The molecule has 38 heavy (non-hydrogen) atoms. The number of carbonyl (C=O) groups is 4. The lowest BCUT2D eigenvalue weighted by atomic mass is 10.0. The van der Waals surface area contributed by atoms with Crippen molar-refractivity contribution < 1.29 is 33.4 Å². The van der Waals surface area contributed by atoms with Crippen LogP contribution >= 0.6 is 11.8 Å². The second-order valence-corrected chi connectivity index (χ2v) is 9.58. The molecule has 2 saturated heterocycles. The zero-order chi connectivity index (χ0) is 26.6. The van der Waals surface area contributed by atoms with Gasteiger partial charge in [-0.25, -0.2) is 4.79 Å². The van der Waals surface area contributed by atoms with Crippen LogP contribution in [-0.4, -0.2) is 72.8 Å². The zero-order valence-corrected chi connectivity index (χ0v) is 21.4. The minimum Gasteiger partial charge on any atom is -0.493 e. The van der Waals surface area contributed by atoms with Gasteiger partial charge in [0.25, 0.3) is 11.1 Å². The molecule has 194 valence electrons. The maximum atomic E-state index is 13.0. The van der Waals surface area contributed by atoms with Gasteiger partial charge < -0.3 is 19.1 Å². The van der Waals surface area contributed by atoms with Gasteiger partial charge in [-0.05, 0) is 52.4 Å². The molecule has 9 nitrogen and oxygen atoms in total. The number of benzene rings is 3. The van der Waals surface area contributed by atoms with Gasteiger partial charge in [-0.1, -0.05) is 42.5 Å². The maximum absolute atomic E-state index is 13.0. The summed E-state index contributed by atoms with van der Waals surface area (Å²) >= 11 is 0.769. The molecule has 0 aliphatic carbocycles. The number of ether oxygens (including phenoxy) is 3. The van der Waals surface area contributed by atoms with Crippen molar-refractivity contribution in [1.82, 2.24) is 9.80 Å². The predicted octanol–water partition coefficient (Wildman–Crippen LogP) is 3.96. The fourth-order valence-corrected chi connectivity index (χ4v) is 5.09. The van der Waals surface area contributed by atoms with Crippen molar-refractivity contribution in [2.75, 3.05) is 40.0 Å². The van der Waals surface area contributed by atoms with Gasteiger partial charge in [0, 0.05) is 13.1 Å². The number of nitrogens with zero attached hydrogens (tertiary/aromatic N) is 2. The second-order valence-electron chi connectivity index (χ2n) is 8.59. The van der Waals surface area contributed by atoms with E-state index in [9.17, 15) is 19.2 Å². The van der Waals surface area contributed by atoms with E-state index < -0.39 is 17.1 Å². The highest BCUT2D eigenvalue weighted by Crippen LogP contribution is 2.35. The summed E-state index contributed by atoms with van der Waals surface area (Å²) in [5, 5.41) is 1.19. The van der Waals surface area contributed by atoms with Gasteiger partial charge in [-0.15, -0.1) is 0 Å². The van der Waals surface area contributed by atoms with E-state index in [1.54, 1.807) is 41.3 Å². The van der Waals surface area contributed by atoms with Crippen LogP contribution in [0, 0.1) is 0 Å². The summed E-state index contributed by atoms with van der Waals surface area (Å²) in [7, 11) is 1.44. The average molecular weight is 533 g/mol. The Morgan fingerprint density at radius 2 is 1.76 bits per heavy atom. The number of amides is 3. The quantitative estimate of drug-likeness (QED) is 0.267. The Bertz CT molecular complexity index is 1460. The lowest BCUT2D eigenvalue weighted by Crippen LogP contribution is -2.46. The van der Waals surface area contributed by atoms with Gasteiger partial charge in [0.1, 0.15) is 6.54 Å². The van der Waals surface area contributed by atoms with Crippen LogP contribution in [0.15, 0.2) is 65.6 Å². The first-order valence-corrected chi connectivity index (χ1v) is 12.7. The number of methoxy groups -OCH3 is 1. The Hall–Kier alpha value is -4.15. The Morgan fingerprint density at radius 1 is 1.00 bits per heavy atom. The number of thioether (sulfide) groups is 1. The molecule has 5 rings (SSSR count). The van der Waals surface area contributed by atoms with Crippen LogP contribution in [0.25, 0.3) is 16.8 Å². The number of rotatable bonds is 6. The monoisotopic (exact) mass is 532 g/mol. The first kappa shape index (κ1) is 25.5. The van der Waals surface area contributed by atoms with Crippen LogP contribution in [0.5, 0.6) is 11.5 Å². The van der Waals surface area contributed by atoms with Crippen molar-refractivity contribution in [3.8, 4) is 11.5 Å². The number of hydrogen-bond acceptors (Lipinski definition) is 8. The smallest absolute Gasteiger partial charge is 0.344 e. The average Bonchev–Trinajstić information content (AvgIpc) is 3.21. The highest BCUT2D eigenvalue weighted by atomic mass is 32.2. The van der Waals surface area contributed by atoms with Gasteiger partial charge in [0.2, 0.25) is 5.91 Å². The molecular weight excluding hydrogens is 508 g/mol. The molecule has 0 radical (unpaired) electrons. The van der Waals surface area contributed by atoms with E-state index in [-0.39, 0.29) is 28.9 Å². The summed E-state index contributed by atoms with van der Waals surface area (Å²) in [6.07, 6.45) is 1.54. The number of morpholine rings is 1. The summed E-state index contributed by atoms with van der Waals surface area (Å²) in [5.41, 5.74) is 0.992. The van der Waals surface area contributed by atoms with Gasteiger partial charge >= 0.3 is 5.97 Å². The molecule has 3 amide bonds. The Kier molecular flexibility index (Phi) is 7.43. The van der Waals surface area contributed by atoms with Crippen molar-refractivity contribution in [2.24, 2.45) is 0 Å². The topological polar surface area (TPSA) is 102 Å². The molecule has 10 heteroatoms. The van der Waals surface area contributed by atoms with Gasteiger partial charge in [0.05, 0.1) is 30.8 Å². The van der Waals surface area contributed by atoms with Gasteiger partial charge in [-0.3, -0.25) is 19.3 Å². The first-order valence-electron chi connectivity index (χ1n) is 11.9.